The van der Waals surface area contributed by atoms with Gasteiger partial charge in [-0.2, -0.15) is 0 Å². The largest absolute Gasteiger partial charge is 0.477 e. The maximum atomic E-state index is 11.9. The summed E-state index contributed by atoms with van der Waals surface area (Å²) >= 11 is 0. The molecule has 0 fully saturated rings. The number of furan rings is 1. The van der Waals surface area contributed by atoms with Crippen LogP contribution in [0.1, 0.15) is 29.1 Å². The number of aromatic nitrogens is 1. The lowest BCUT2D eigenvalue weighted by molar-refractivity contribution is 0.0694. The summed E-state index contributed by atoms with van der Waals surface area (Å²) in [7, 11) is 0. The van der Waals surface area contributed by atoms with Gasteiger partial charge >= 0.3 is 5.97 Å². The second-order valence-electron chi connectivity index (χ2n) is 3.63. The van der Waals surface area contributed by atoms with E-state index in [4.69, 9.17) is 9.52 Å². The quantitative estimate of drug-likeness (QED) is 0.876. The molecule has 17 heavy (non-hydrogen) atoms. The number of carbonyl (C=O) groups is 1. The molecular weight excluding hydrogens is 222 g/mol. The molecule has 88 valence electrons. The van der Waals surface area contributed by atoms with Crippen molar-refractivity contribution in [1.29, 1.82) is 0 Å². The maximum absolute atomic E-state index is 11.9. The van der Waals surface area contributed by atoms with Crippen LogP contribution in [0.2, 0.25) is 0 Å². The predicted molar refractivity (Wildman–Crippen MR) is 60.2 cm³/mol. The SMILES string of the molecule is C[C@@H](c1ccco1)n1cccc(C(=O)O)c1=O. The van der Waals surface area contributed by atoms with Gasteiger partial charge in [-0.1, -0.05) is 0 Å². The third-order valence-electron chi connectivity index (χ3n) is 2.58. The first-order valence-electron chi connectivity index (χ1n) is 5.09. The monoisotopic (exact) mass is 233 g/mol. The molecule has 2 rings (SSSR count). The Balaban J connectivity index is 2.50. The molecule has 0 bridgehead atoms. The number of nitrogens with zero attached hydrogens (tertiary/aromatic N) is 1. The van der Waals surface area contributed by atoms with Crippen LogP contribution in [0, 0.1) is 0 Å². The summed E-state index contributed by atoms with van der Waals surface area (Å²) in [5.41, 5.74) is -0.783. The summed E-state index contributed by atoms with van der Waals surface area (Å²) in [6, 6.07) is 5.94. The van der Waals surface area contributed by atoms with E-state index in [1.54, 1.807) is 25.3 Å². The Morgan fingerprint density at radius 2 is 2.18 bits per heavy atom. The van der Waals surface area contributed by atoms with E-state index in [0.29, 0.717) is 5.76 Å². The fraction of sp³-hybridized carbons (Fsp3) is 0.167. The van der Waals surface area contributed by atoms with Crippen LogP contribution in [-0.2, 0) is 0 Å². The molecule has 0 amide bonds. The zero-order valence-electron chi connectivity index (χ0n) is 9.16. The van der Waals surface area contributed by atoms with Gasteiger partial charge in [0.1, 0.15) is 11.3 Å². The highest BCUT2D eigenvalue weighted by atomic mass is 16.4. The highest BCUT2D eigenvalue weighted by molar-refractivity contribution is 5.86. The van der Waals surface area contributed by atoms with E-state index < -0.39 is 11.5 Å². The lowest BCUT2D eigenvalue weighted by atomic mass is 10.2. The fourth-order valence-electron chi connectivity index (χ4n) is 1.64. The molecule has 0 aliphatic rings. The van der Waals surface area contributed by atoms with E-state index >= 15 is 0 Å². The van der Waals surface area contributed by atoms with Crippen LogP contribution in [0.25, 0.3) is 0 Å². The van der Waals surface area contributed by atoms with E-state index in [2.05, 4.69) is 0 Å². The minimum Gasteiger partial charge on any atom is -0.477 e. The number of hydrogen-bond acceptors (Lipinski definition) is 3. The summed E-state index contributed by atoms with van der Waals surface area (Å²) in [5, 5.41) is 8.87. The zero-order chi connectivity index (χ0) is 12.4. The van der Waals surface area contributed by atoms with Gasteiger partial charge in [0.2, 0.25) is 0 Å². The Hall–Kier alpha value is -2.30. The molecule has 2 aromatic rings. The molecule has 2 aromatic heterocycles. The van der Waals surface area contributed by atoms with E-state index in [1.807, 2.05) is 0 Å². The molecule has 2 heterocycles. The first-order chi connectivity index (χ1) is 8.11. The van der Waals surface area contributed by atoms with E-state index in [-0.39, 0.29) is 11.6 Å². The van der Waals surface area contributed by atoms with Gasteiger partial charge in [0.05, 0.1) is 12.3 Å². The van der Waals surface area contributed by atoms with Gasteiger partial charge in [-0.05, 0) is 31.2 Å². The van der Waals surface area contributed by atoms with Crippen LogP contribution < -0.4 is 5.56 Å². The molecular formula is C12H11NO4. The fourth-order valence-corrected chi connectivity index (χ4v) is 1.64. The molecule has 0 aliphatic carbocycles. The van der Waals surface area contributed by atoms with E-state index in [0.717, 1.165) is 0 Å². The molecule has 0 saturated carbocycles. The average molecular weight is 233 g/mol. The van der Waals surface area contributed by atoms with Crippen molar-refractivity contribution in [1.82, 2.24) is 4.57 Å². The number of hydrogen-bond donors (Lipinski definition) is 1. The molecule has 1 atom stereocenters. The zero-order valence-corrected chi connectivity index (χ0v) is 9.16. The smallest absolute Gasteiger partial charge is 0.341 e. The van der Waals surface area contributed by atoms with Gasteiger partial charge in [0.15, 0.2) is 0 Å². The van der Waals surface area contributed by atoms with Crippen LogP contribution in [-0.4, -0.2) is 15.6 Å². The van der Waals surface area contributed by atoms with Gasteiger partial charge in [-0.15, -0.1) is 0 Å². The van der Waals surface area contributed by atoms with Crippen LogP contribution in [0.4, 0.5) is 0 Å². The number of carboxylic acid groups (broad SMARTS) is 1. The summed E-state index contributed by atoms with van der Waals surface area (Å²) < 4.78 is 6.53. The van der Waals surface area contributed by atoms with Crippen molar-refractivity contribution in [3.8, 4) is 0 Å². The van der Waals surface area contributed by atoms with Crippen LogP contribution in [0.3, 0.4) is 0 Å². The van der Waals surface area contributed by atoms with Gasteiger partial charge < -0.3 is 14.1 Å². The van der Waals surface area contributed by atoms with E-state index in [9.17, 15) is 9.59 Å². The van der Waals surface area contributed by atoms with Gasteiger partial charge in [-0.3, -0.25) is 4.79 Å². The van der Waals surface area contributed by atoms with Crippen molar-refractivity contribution in [2.45, 2.75) is 13.0 Å². The van der Waals surface area contributed by atoms with Crippen molar-refractivity contribution in [2.24, 2.45) is 0 Å². The lowest BCUT2D eigenvalue weighted by Gasteiger charge is -2.12. The Morgan fingerprint density at radius 3 is 2.76 bits per heavy atom. The standard InChI is InChI=1S/C12H11NO4/c1-8(10-5-3-7-17-10)13-6-2-4-9(11(13)14)12(15)16/h2-8H,1H3,(H,15,16)/t8-/m0/s1. The van der Waals surface area contributed by atoms with Crippen LogP contribution in [0.5, 0.6) is 0 Å². The Labute approximate surface area is 96.9 Å². The maximum Gasteiger partial charge on any atom is 0.341 e. The molecule has 1 N–H and O–H groups in total. The topological polar surface area (TPSA) is 72.4 Å². The van der Waals surface area contributed by atoms with Crippen molar-refractivity contribution < 1.29 is 14.3 Å². The molecule has 5 nitrogen and oxygen atoms in total. The Morgan fingerprint density at radius 1 is 1.41 bits per heavy atom. The highest BCUT2D eigenvalue weighted by Gasteiger charge is 2.16. The summed E-state index contributed by atoms with van der Waals surface area (Å²) in [4.78, 5) is 22.7. The number of pyridine rings is 1. The lowest BCUT2D eigenvalue weighted by Crippen LogP contribution is -2.28. The molecule has 0 spiro atoms. The third kappa shape index (κ3) is 1.99. The minimum atomic E-state index is -1.23. The number of aromatic carboxylic acids is 1. The number of carboxylic acids is 1. The van der Waals surface area contributed by atoms with Crippen molar-refractivity contribution >= 4 is 5.97 Å². The Bertz CT molecular complexity index is 583. The first kappa shape index (κ1) is 11.2. The summed E-state index contributed by atoms with van der Waals surface area (Å²) in [6.07, 6.45) is 3.06. The molecule has 0 saturated heterocycles. The van der Waals surface area contributed by atoms with Crippen molar-refractivity contribution in [3.63, 3.8) is 0 Å². The van der Waals surface area contributed by atoms with Crippen molar-refractivity contribution in [2.75, 3.05) is 0 Å². The van der Waals surface area contributed by atoms with Crippen molar-refractivity contribution in [3.05, 3.63) is 58.4 Å². The predicted octanol–water partition coefficient (Wildman–Crippen LogP) is 1.75. The average Bonchev–Trinajstić information content (AvgIpc) is 2.81. The van der Waals surface area contributed by atoms with Gasteiger partial charge in [0.25, 0.3) is 5.56 Å². The second-order valence-corrected chi connectivity index (χ2v) is 3.63. The first-order valence-corrected chi connectivity index (χ1v) is 5.09. The molecule has 0 radical (unpaired) electrons. The molecule has 0 aliphatic heterocycles. The third-order valence-corrected chi connectivity index (χ3v) is 2.58. The second kappa shape index (κ2) is 4.29. The summed E-state index contributed by atoms with van der Waals surface area (Å²) in [6.45, 7) is 1.77. The Kier molecular flexibility index (Phi) is 2.82. The molecule has 0 unspecified atom stereocenters. The highest BCUT2D eigenvalue weighted by Crippen LogP contribution is 2.16. The normalized spacial score (nSPS) is 12.3. The van der Waals surface area contributed by atoms with Crippen LogP contribution >= 0.6 is 0 Å². The number of rotatable bonds is 3. The molecule has 0 aromatic carbocycles. The van der Waals surface area contributed by atoms with E-state index in [1.165, 1.54) is 23.0 Å². The summed E-state index contributed by atoms with van der Waals surface area (Å²) in [5.74, 6) is -0.620. The minimum absolute atomic E-state index is 0.245. The van der Waals surface area contributed by atoms with Gasteiger partial charge in [-0.25, -0.2) is 4.79 Å². The van der Waals surface area contributed by atoms with Gasteiger partial charge in [0, 0.05) is 6.20 Å². The van der Waals surface area contributed by atoms with Crippen LogP contribution in [0.15, 0.2) is 45.9 Å². The molecule has 5 heteroatoms.